The first-order valence-electron chi connectivity index (χ1n) is 23.7. The molecule has 1 aromatic heterocycles. The average molecular weight is 891 g/mol. The molecule has 6 aliphatic rings. The number of nitrogens with zero attached hydrogens (tertiary/aromatic N) is 3. The summed E-state index contributed by atoms with van der Waals surface area (Å²) in [5, 5.41) is 26.5. The van der Waals surface area contributed by atoms with E-state index in [4.69, 9.17) is 18.9 Å². The molecule has 2 aromatic carbocycles. The Morgan fingerprint density at radius 1 is 0.954 bits per heavy atom. The van der Waals surface area contributed by atoms with Gasteiger partial charge in [-0.1, -0.05) is 51.2 Å². The van der Waals surface area contributed by atoms with Gasteiger partial charge in [0.05, 0.1) is 33.0 Å². The van der Waals surface area contributed by atoms with Crippen molar-refractivity contribution in [2.24, 2.45) is 11.3 Å². The molecule has 3 fully saturated rings. The monoisotopic (exact) mass is 890 g/mol. The maximum atomic E-state index is 15.6. The topological polar surface area (TPSA) is 154 Å². The van der Waals surface area contributed by atoms with Gasteiger partial charge >= 0.3 is 17.9 Å². The zero-order valence-electron chi connectivity index (χ0n) is 39.3. The van der Waals surface area contributed by atoms with Gasteiger partial charge in [-0.15, -0.1) is 0 Å². The molecule has 3 aromatic rings. The SMILES string of the molecule is CCCCC#Cc1ccc2[nH]c3c(c2c1)CCN1C[C@H](C[C@@](O)(CC)C1)C[C@]3(C(=O)OC)c1cc2c(cc1OC)N(C)C1[C@]23CCN2CC=C[C@@](CC)([C@@H](OC(C)=O)[C@]1(O)C(=O)OC)[C@H]23. The Kier molecular flexibility index (Phi) is 11.5. The Balaban J connectivity index is 1.35. The highest BCUT2D eigenvalue weighted by molar-refractivity contribution is 5.95. The van der Waals surface area contributed by atoms with E-state index < -0.39 is 57.5 Å². The number of fused-ring (bicyclic) bond motifs is 6. The van der Waals surface area contributed by atoms with Gasteiger partial charge in [-0.25, -0.2) is 4.79 Å². The fourth-order valence-electron chi connectivity index (χ4n) is 14.1. The van der Waals surface area contributed by atoms with Crippen molar-refractivity contribution in [3.63, 3.8) is 0 Å². The maximum Gasteiger partial charge on any atom is 0.344 e. The van der Waals surface area contributed by atoms with Crippen LogP contribution in [0.25, 0.3) is 10.9 Å². The van der Waals surface area contributed by atoms with Crippen molar-refractivity contribution in [3.8, 4) is 17.6 Å². The number of aliphatic hydroxyl groups is 2. The van der Waals surface area contributed by atoms with Crippen LogP contribution in [0.1, 0.15) is 107 Å². The Bertz CT molecular complexity index is 2510. The third kappa shape index (κ3) is 6.44. The second-order valence-corrected chi connectivity index (χ2v) is 19.8. The number of hydrogen-bond acceptors (Lipinski definition) is 12. The number of methoxy groups -OCH3 is 3. The molecule has 0 amide bonds. The molecule has 3 N–H and O–H groups in total. The highest BCUT2D eigenvalue weighted by Crippen LogP contribution is 2.68. The molecule has 0 radical (unpaired) electrons. The van der Waals surface area contributed by atoms with E-state index in [0.29, 0.717) is 82.6 Å². The molecule has 13 heteroatoms. The highest BCUT2D eigenvalue weighted by Gasteiger charge is 2.80. The zero-order valence-corrected chi connectivity index (χ0v) is 39.3. The summed E-state index contributed by atoms with van der Waals surface area (Å²) in [6, 6.07) is 9.01. The van der Waals surface area contributed by atoms with Crippen LogP contribution >= 0.6 is 0 Å². The molecule has 2 unspecified atom stereocenters. The lowest BCUT2D eigenvalue weighted by atomic mass is 9.47. The minimum Gasteiger partial charge on any atom is -0.496 e. The van der Waals surface area contributed by atoms with Crippen LogP contribution in [0.3, 0.4) is 0 Å². The summed E-state index contributed by atoms with van der Waals surface area (Å²) in [5.74, 6) is 5.12. The van der Waals surface area contributed by atoms with Crippen LogP contribution < -0.4 is 9.64 Å². The van der Waals surface area contributed by atoms with Crippen LogP contribution in [0.5, 0.6) is 5.75 Å². The second-order valence-electron chi connectivity index (χ2n) is 19.8. The van der Waals surface area contributed by atoms with Gasteiger partial charge in [0.2, 0.25) is 5.60 Å². The van der Waals surface area contributed by atoms with Crippen LogP contribution in [-0.2, 0) is 45.8 Å². The molecule has 9 rings (SSSR count). The van der Waals surface area contributed by atoms with E-state index in [1.165, 1.54) is 21.1 Å². The van der Waals surface area contributed by atoms with Gasteiger partial charge in [-0.2, -0.15) is 0 Å². The van der Waals surface area contributed by atoms with E-state index in [9.17, 15) is 19.8 Å². The number of likely N-dealkylation sites (N-methyl/N-ethyl adjacent to an activating group) is 1. The van der Waals surface area contributed by atoms with Crippen molar-refractivity contribution in [1.29, 1.82) is 0 Å². The average Bonchev–Trinajstić information content (AvgIpc) is 3.96. The van der Waals surface area contributed by atoms with Gasteiger partial charge in [0.15, 0.2) is 6.10 Å². The number of carbonyl (C=O) groups excluding carboxylic acids is 3. The number of rotatable bonds is 9. The van der Waals surface area contributed by atoms with Crippen molar-refractivity contribution in [2.45, 2.75) is 126 Å². The van der Waals surface area contributed by atoms with Crippen molar-refractivity contribution in [2.75, 3.05) is 66.0 Å². The summed E-state index contributed by atoms with van der Waals surface area (Å²) < 4.78 is 24.1. The van der Waals surface area contributed by atoms with E-state index in [-0.39, 0.29) is 12.0 Å². The van der Waals surface area contributed by atoms with E-state index >= 15 is 4.79 Å². The minimum atomic E-state index is -2.32. The Morgan fingerprint density at radius 3 is 2.43 bits per heavy atom. The Labute approximate surface area is 382 Å². The molecule has 6 heterocycles. The van der Waals surface area contributed by atoms with Gasteiger partial charge in [0, 0.05) is 103 Å². The number of nitrogens with one attached hydrogen (secondary N) is 1. The lowest BCUT2D eigenvalue weighted by Gasteiger charge is -2.63. The molecule has 1 aliphatic carbocycles. The number of unbranched alkanes of at least 4 members (excludes halogenated alkanes) is 2. The first-order valence-corrected chi connectivity index (χ1v) is 23.7. The molecule has 1 spiro atoms. The summed E-state index contributed by atoms with van der Waals surface area (Å²) in [6.07, 6.45) is 8.73. The van der Waals surface area contributed by atoms with Gasteiger partial charge in [-0.3, -0.25) is 19.4 Å². The van der Waals surface area contributed by atoms with Crippen LogP contribution in [0.4, 0.5) is 5.69 Å². The number of ether oxygens (including phenoxy) is 4. The number of anilines is 1. The lowest BCUT2D eigenvalue weighted by molar-refractivity contribution is -0.228. The normalized spacial score (nSPS) is 34.4. The predicted octanol–water partition coefficient (Wildman–Crippen LogP) is 5.53. The van der Waals surface area contributed by atoms with Crippen LogP contribution in [0, 0.1) is 23.2 Å². The third-order valence-electron chi connectivity index (χ3n) is 16.6. The molecule has 2 saturated heterocycles. The number of esters is 3. The molecule has 10 atom stereocenters. The van der Waals surface area contributed by atoms with E-state index in [0.717, 1.165) is 58.2 Å². The third-order valence-corrected chi connectivity index (χ3v) is 16.6. The van der Waals surface area contributed by atoms with Crippen molar-refractivity contribution in [3.05, 3.63) is 70.4 Å². The number of H-pyrrole nitrogens is 1. The predicted molar refractivity (Wildman–Crippen MR) is 247 cm³/mol. The summed E-state index contributed by atoms with van der Waals surface area (Å²) >= 11 is 0. The van der Waals surface area contributed by atoms with Gasteiger partial charge < -0.3 is 39.0 Å². The van der Waals surface area contributed by atoms with E-state index in [2.05, 4.69) is 63.9 Å². The molecule has 2 bridgehead atoms. The molecule has 13 nitrogen and oxygen atoms in total. The van der Waals surface area contributed by atoms with Gasteiger partial charge in [-0.05, 0) is 92.8 Å². The summed E-state index contributed by atoms with van der Waals surface area (Å²) in [7, 11) is 6.17. The van der Waals surface area contributed by atoms with Crippen LogP contribution in [0.15, 0.2) is 42.5 Å². The maximum absolute atomic E-state index is 15.6. The fourth-order valence-corrected chi connectivity index (χ4v) is 14.1. The Morgan fingerprint density at radius 2 is 1.74 bits per heavy atom. The van der Waals surface area contributed by atoms with Crippen molar-refractivity contribution in [1.82, 2.24) is 14.8 Å². The van der Waals surface area contributed by atoms with Gasteiger partial charge in [0.25, 0.3) is 0 Å². The largest absolute Gasteiger partial charge is 0.496 e. The van der Waals surface area contributed by atoms with Crippen LogP contribution in [-0.4, -0.2) is 133 Å². The number of carbonyl (C=O) groups is 3. The van der Waals surface area contributed by atoms with E-state index in [1.54, 1.807) is 7.11 Å². The molecule has 5 aliphatic heterocycles. The quantitative estimate of drug-likeness (QED) is 0.0814. The highest BCUT2D eigenvalue weighted by atomic mass is 16.6. The summed E-state index contributed by atoms with van der Waals surface area (Å²) in [6.45, 7) is 10.7. The molecular weight excluding hydrogens is 825 g/mol. The second kappa shape index (κ2) is 16.5. The first kappa shape index (κ1) is 45.3. The number of hydrogen-bond donors (Lipinski definition) is 3. The minimum absolute atomic E-state index is 0.126. The van der Waals surface area contributed by atoms with Crippen LogP contribution in [0.2, 0.25) is 0 Å². The number of aromatic amines is 1. The standard InChI is InChI=1S/C52H66N4O9/c1-9-12-13-14-16-33-17-18-39-36(25-33)35-19-23-55-30-34(28-48(60,10-2)31-55)29-51(42(35)53-39,46(58)63-7)38-26-37-40(27-41(38)62-6)54(5)44-50(37)21-24-56-22-15-20-49(11-3,43(50)56)45(65-32(4)57)52(44,61)47(59)64-8/h15,17-18,20,25-27,34,43-45,53,60-61H,9-13,19,21-24,28-31H2,1-8H3/t34-,43+,44?,45-,48+,49-,50-,51+,52+/m1/s1. The summed E-state index contributed by atoms with van der Waals surface area (Å²) in [5.41, 5.74) is -0.974. The molecule has 65 heavy (non-hydrogen) atoms. The molecule has 1 saturated carbocycles. The molecule has 348 valence electrons. The fraction of sp³-hybridized carbons (Fsp3) is 0.596. The number of aromatic nitrogens is 1. The number of benzene rings is 2. The zero-order chi connectivity index (χ0) is 46.3. The van der Waals surface area contributed by atoms with Gasteiger partial charge in [0.1, 0.15) is 11.2 Å². The van der Waals surface area contributed by atoms with E-state index in [1.807, 2.05) is 37.9 Å². The summed E-state index contributed by atoms with van der Waals surface area (Å²) in [4.78, 5) is 53.7. The van der Waals surface area contributed by atoms with Crippen molar-refractivity contribution < 1.29 is 43.5 Å². The Hall–Kier alpha value is -4.87. The number of piperidine rings is 1. The van der Waals surface area contributed by atoms with Crippen molar-refractivity contribution >= 4 is 34.5 Å². The first-order chi connectivity index (χ1) is 31.2. The smallest absolute Gasteiger partial charge is 0.344 e. The lowest BCUT2D eigenvalue weighted by Crippen LogP contribution is -2.81. The molecular formula is C52H66N4O9.